The molecule has 0 aliphatic heterocycles. The van der Waals surface area contributed by atoms with Crippen molar-refractivity contribution >= 4 is 28.7 Å². The van der Waals surface area contributed by atoms with Gasteiger partial charge >= 0.3 is 12.0 Å². The molecule has 126 valence electrons. The summed E-state index contributed by atoms with van der Waals surface area (Å²) in [5.41, 5.74) is -0.0932. The minimum atomic E-state index is -0.690. The number of amides is 3. The summed E-state index contributed by atoms with van der Waals surface area (Å²) in [5, 5.41) is 6.35. The number of benzene rings is 2. The summed E-state index contributed by atoms with van der Waals surface area (Å²) in [4.78, 5) is 35.4. The zero-order chi connectivity index (χ0) is 17.7. The standard InChI is InChI=1S/C18H20N2O4/c1-18(2,3)20-17(23)19-15(21)11-24-16(22)14-10-6-8-12-7-4-5-9-13(12)14/h4-10H,11H2,1-3H3,(H2,19,20,21,23). The molecule has 6 heteroatoms. The second-order valence-electron chi connectivity index (χ2n) is 6.36. The summed E-state index contributed by atoms with van der Waals surface area (Å²) in [5.74, 6) is -1.30. The zero-order valence-corrected chi connectivity index (χ0v) is 13.9. The van der Waals surface area contributed by atoms with E-state index in [4.69, 9.17) is 4.74 Å². The molecule has 0 spiro atoms. The highest BCUT2D eigenvalue weighted by Gasteiger charge is 2.17. The number of hydrogen-bond acceptors (Lipinski definition) is 4. The van der Waals surface area contributed by atoms with Crippen molar-refractivity contribution in [2.75, 3.05) is 6.61 Å². The third-order valence-corrected chi connectivity index (χ3v) is 3.09. The maximum Gasteiger partial charge on any atom is 0.339 e. The molecule has 2 rings (SSSR count). The minimum Gasteiger partial charge on any atom is -0.452 e. The highest BCUT2D eigenvalue weighted by atomic mass is 16.5. The van der Waals surface area contributed by atoms with Crippen molar-refractivity contribution in [1.29, 1.82) is 0 Å². The highest BCUT2D eigenvalue weighted by Crippen LogP contribution is 2.19. The van der Waals surface area contributed by atoms with E-state index in [0.29, 0.717) is 5.56 Å². The van der Waals surface area contributed by atoms with Crippen molar-refractivity contribution in [1.82, 2.24) is 10.6 Å². The van der Waals surface area contributed by atoms with Crippen molar-refractivity contribution in [3.05, 3.63) is 48.0 Å². The lowest BCUT2D eigenvalue weighted by Gasteiger charge is -2.20. The van der Waals surface area contributed by atoms with Gasteiger partial charge in [0.15, 0.2) is 6.61 Å². The Bertz CT molecular complexity index is 773. The first-order valence-electron chi connectivity index (χ1n) is 7.53. The lowest BCUT2D eigenvalue weighted by Crippen LogP contribution is -2.49. The van der Waals surface area contributed by atoms with E-state index in [2.05, 4.69) is 10.6 Å². The summed E-state index contributed by atoms with van der Waals surface area (Å²) in [6.07, 6.45) is 0. The Morgan fingerprint density at radius 2 is 1.67 bits per heavy atom. The maximum absolute atomic E-state index is 12.2. The van der Waals surface area contributed by atoms with Crippen LogP contribution in [-0.4, -0.2) is 30.1 Å². The number of hydrogen-bond donors (Lipinski definition) is 2. The summed E-state index contributed by atoms with van der Waals surface area (Å²) in [7, 11) is 0. The predicted octanol–water partition coefficient (Wildman–Crippen LogP) is 2.62. The summed E-state index contributed by atoms with van der Waals surface area (Å²) >= 11 is 0. The van der Waals surface area contributed by atoms with Crippen LogP contribution in [0.25, 0.3) is 10.8 Å². The van der Waals surface area contributed by atoms with Gasteiger partial charge in [-0.05, 0) is 37.6 Å². The first kappa shape index (κ1) is 17.5. The van der Waals surface area contributed by atoms with Crippen molar-refractivity contribution < 1.29 is 19.1 Å². The Kier molecular flexibility index (Phi) is 5.18. The Balaban J connectivity index is 1.95. The van der Waals surface area contributed by atoms with Crippen LogP contribution in [-0.2, 0) is 9.53 Å². The van der Waals surface area contributed by atoms with Crippen LogP contribution in [0.4, 0.5) is 4.79 Å². The van der Waals surface area contributed by atoms with Crippen LogP contribution < -0.4 is 10.6 Å². The molecule has 0 saturated carbocycles. The number of carbonyl (C=O) groups excluding carboxylic acids is 3. The van der Waals surface area contributed by atoms with E-state index >= 15 is 0 Å². The molecule has 0 aliphatic carbocycles. The Labute approximate surface area is 140 Å². The van der Waals surface area contributed by atoms with Crippen molar-refractivity contribution in [2.45, 2.75) is 26.3 Å². The van der Waals surface area contributed by atoms with Gasteiger partial charge in [-0.3, -0.25) is 10.1 Å². The molecule has 3 amide bonds. The Morgan fingerprint density at radius 1 is 1.00 bits per heavy atom. The van der Waals surface area contributed by atoms with Crippen LogP contribution in [0.1, 0.15) is 31.1 Å². The first-order valence-corrected chi connectivity index (χ1v) is 7.53. The number of nitrogens with one attached hydrogen (secondary N) is 2. The number of rotatable bonds is 3. The monoisotopic (exact) mass is 328 g/mol. The molecule has 0 aromatic heterocycles. The van der Waals surface area contributed by atoms with Gasteiger partial charge in [-0.15, -0.1) is 0 Å². The molecule has 0 saturated heterocycles. The molecule has 2 N–H and O–H groups in total. The molecule has 0 radical (unpaired) electrons. The smallest absolute Gasteiger partial charge is 0.339 e. The molecular weight excluding hydrogens is 308 g/mol. The fourth-order valence-corrected chi connectivity index (χ4v) is 2.15. The number of urea groups is 1. The van der Waals surface area contributed by atoms with Crippen LogP contribution in [0.15, 0.2) is 42.5 Å². The largest absolute Gasteiger partial charge is 0.452 e. The number of carbonyl (C=O) groups is 3. The van der Waals surface area contributed by atoms with Crippen LogP contribution in [0, 0.1) is 0 Å². The van der Waals surface area contributed by atoms with Gasteiger partial charge in [-0.25, -0.2) is 9.59 Å². The first-order chi connectivity index (χ1) is 11.3. The van der Waals surface area contributed by atoms with E-state index in [1.54, 1.807) is 32.9 Å². The normalized spacial score (nSPS) is 11.0. The molecule has 2 aromatic rings. The minimum absolute atomic E-state index is 0.375. The van der Waals surface area contributed by atoms with Crippen LogP contribution in [0.3, 0.4) is 0 Å². The Morgan fingerprint density at radius 3 is 2.38 bits per heavy atom. The van der Waals surface area contributed by atoms with E-state index in [-0.39, 0.29) is 0 Å². The quantitative estimate of drug-likeness (QED) is 0.848. The predicted molar refractivity (Wildman–Crippen MR) is 90.7 cm³/mol. The number of ether oxygens (including phenoxy) is 1. The second kappa shape index (κ2) is 7.12. The zero-order valence-electron chi connectivity index (χ0n) is 13.9. The fourth-order valence-electron chi connectivity index (χ4n) is 2.15. The molecule has 0 aliphatic rings. The molecule has 0 heterocycles. The second-order valence-corrected chi connectivity index (χ2v) is 6.36. The lowest BCUT2D eigenvalue weighted by atomic mass is 10.1. The molecule has 24 heavy (non-hydrogen) atoms. The van der Waals surface area contributed by atoms with Crippen molar-refractivity contribution in [2.24, 2.45) is 0 Å². The van der Waals surface area contributed by atoms with E-state index in [1.165, 1.54) is 0 Å². The van der Waals surface area contributed by atoms with Crippen molar-refractivity contribution in [3.8, 4) is 0 Å². The maximum atomic E-state index is 12.2. The highest BCUT2D eigenvalue weighted by molar-refractivity contribution is 6.05. The molecule has 2 aromatic carbocycles. The van der Waals surface area contributed by atoms with Gasteiger partial charge in [0, 0.05) is 5.54 Å². The van der Waals surface area contributed by atoms with E-state index < -0.39 is 30.1 Å². The SMILES string of the molecule is CC(C)(C)NC(=O)NC(=O)COC(=O)c1cccc2ccccc12. The fraction of sp³-hybridized carbons (Fsp3) is 0.278. The van der Waals surface area contributed by atoms with E-state index in [0.717, 1.165) is 10.8 Å². The molecule has 0 bridgehead atoms. The van der Waals surface area contributed by atoms with Gasteiger partial charge < -0.3 is 10.1 Å². The molecule has 6 nitrogen and oxygen atoms in total. The van der Waals surface area contributed by atoms with Gasteiger partial charge in [-0.1, -0.05) is 36.4 Å². The number of imide groups is 1. The van der Waals surface area contributed by atoms with Crippen molar-refractivity contribution in [3.63, 3.8) is 0 Å². The molecule has 0 atom stereocenters. The summed E-state index contributed by atoms with van der Waals surface area (Å²) < 4.78 is 5.00. The average Bonchev–Trinajstić information content (AvgIpc) is 2.50. The van der Waals surface area contributed by atoms with Gasteiger partial charge in [0.05, 0.1) is 5.56 Å². The van der Waals surface area contributed by atoms with E-state index in [9.17, 15) is 14.4 Å². The van der Waals surface area contributed by atoms with Gasteiger partial charge in [-0.2, -0.15) is 0 Å². The van der Waals surface area contributed by atoms with Crippen LogP contribution in [0.5, 0.6) is 0 Å². The lowest BCUT2D eigenvalue weighted by molar-refractivity contribution is -0.123. The van der Waals surface area contributed by atoms with Gasteiger partial charge in [0.2, 0.25) is 0 Å². The van der Waals surface area contributed by atoms with Crippen LogP contribution >= 0.6 is 0 Å². The third-order valence-electron chi connectivity index (χ3n) is 3.09. The molecule has 0 fully saturated rings. The van der Waals surface area contributed by atoms with Gasteiger partial charge in [0.1, 0.15) is 0 Å². The van der Waals surface area contributed by atoms with Gasteiger partial charge in [0.25, 0.3) is 5.91 Å². The summed E-state index contributed by atoms with van der Waals surface area (Å²) in [6, 6.07) is 12.0. The molecule has 0 unspecified atom stereocenters. The van der Waals surface area contributed by atoms with Crippen LogP contribution in [0.2, 0.25) is 0 Å². The average molecular weight is 328 g/mol. The molecular formula is C18H20N2O4. The number of fused-ring (bicyclic) bond motifs is 1. The third kappa shape index (κ3) is 4.81. The number of esters is 1. The Hall–Kier alpha value is -2.89. The topological polar surface area (TPSA) is 84.5 Å². The summed E-state index contributed by atoms with van der Waals surface area (Å²) in [6.45, 7) is 4.84. The van der Waals surface area contributed by atoms with E-state index in [1.807, 2.05) is 30.3 Å².